The summed E-state index contributed by atoms with van der Waals surface area (Å²) in [7, 11) is 0. The highest BCUT2D eigenvalue weighted by Crippen LogP contribution is 2.17. The third-order valence-electron chi connectivity index (χ3n) is 3.83. The Labute approximate surface area is 115 Å². The summed E-state index contributed by atoms with van der Waals surface area (Å²) in [5.74, 6) is 0.125. The highest BCUT2D eigenvalue weighted by molar-refractivity contribution is 5.78. The van der Waals surface area contributed by atoms with E-state index in [0.717, 1.165) is 19.4 Å². The normalized spacial score (nSPS) is 16.3. The third-order valence-corrected chi connectivity index (χ3v) is 3.83. The molecule has 0 atom stereocenters. The lowest BCUT2D eigenvalue weighted by Crippen LogP contribution is -2.41. The van der Waals surface area contributed by atoms with E-state index in [-0.39, 0.29) is 5.91 Å². The van der Waals surface area contributed by atoms with E-state index in [1.54, 1.807) is 0 Å². The van der Waals surface area contributed by atoms with Gasteiger partial charge in [0, 0.05) is 12.6 Å². The maximum atomic E-state index is 11.8. The minimum Gasteiger partial charge on any atom is -0.352 e. The molecule has 104 valence electrons. The quantitative estimate of drug-likeness (QED) is 0.854. The highest BCUT2D eigenvalue weighted by Gasteiger charge is 2.15. The molecular formula is C16H24N2O. The molecule has 0 aromatic heterocycles. The number of nitrogens with one attached hydrogen (secondary N) is 2. The molecule has 0 spiro atoms. The van der Waals surface area contributed by atoms with Crippen LogP contribution in [0, 0.1) is 6.92 Å². The van der Waals surface area contributed by atoms with Gasteiger partial charge in [-0.2, -0.15) is 0 Å². The van der Waals surface area contributed by atoms with E-state index in [1.807, 2.05) is 12.1 Å². The van der Waals surface area contributed by atoms with E-state index >= 15 is 0 Å². The van der Waals surface area contributed by atoms with Gasteiger partial charge in [0.2, 0.25) is 5.91 Å². The van der Waals surface area contributed by atoms with Crippen LogP contribution in [0.5, 0.6) is 0 Å². The summed E-state index contributed by atoms with van der Waals surface area (Å²) < 4.78 is 0. The van der Waals surface area contributed by atoms with Crippen LogP contribution in [0.15, 0.2) is 24.3 Å². The fraction of sp³-hybridized carbons (Fsp3) is 0.562. The van der Waals surface area contributed by atoms with Crippen molar-refractivity contribution in [3.05, 3.63) is 35.4 Å². The summed E-state index contributed by atoms with van der Waals surface area (Å²) >= 11 is 0. The number of hydrogen-bond donors (Lipinski definition) is 2. The zero-order chi connectivity index (χ0) is 13.5. The molecule has 2 rings (SSSR count). The molecule has 3 heteroatoms. The van der Waals surface area contributed by atoms with E-state index in [4.69, 9.17) is 0 Å². The van der Waals surface area contributed by atoms with Crippen molar-refractivity contribution in [1.29, 1.82) is 0 Å². The standard InChI is InChI=1S/C16H24N2O/c1-13-7-5-6-8-14(13)11-17-12-16(19)18-15-9-3-2-4-10-15/h5-8,15,17H,2-4,9-12H2,1H3,(H,18,19). The molecule has 1 aromatic rings. The molecule has 1 aliphatic rings. The van der Waals surface area contributed by atoms with Gasteiger partial charge in [0.1, 0.15) is 0 Å². The minimum atomic E-state index is 0.125. The van der Waals surface area contributed by atoms with Gasteiger partial charge >= 0.3 is 0 Å². The number of carbonyl (C=O) groups excluding carboxylic acids is 1. The van der Waals surface area contributed by atoms with Gasteiger partial charge < -0.3 is 10.6 Å². The van der Waals surface area contributed by atoms with Gasteiger partial charge in [-0.3, -0.25) is 4.79 Å². The van der Waals surface area contributed by atoms with E-state index < -0.39 is 0 Å². The van der Waals surface area contributed by atoms with Crippen molar-refractivity contribution >= 4 is 5.91 Å². The average molecular weight is 260 g/mol. The summed E-state index contributed by atoms with van der Waals surface area (Å²) in [6, 6.07) is 8.67. The first-order valence-electron chi connectivity index (χ1n) is 7.30. The Morgan fingerprint density at radius 3 is 2.68 bits per heavy atom. The van der Waals surface area contributed by atoms with Gasteiger partial charge in [-0.15, -0.1) is 0 Å². The lowest BCUT2D eigenvalue weighted by atomic mass is 9.95. The third kappa shape index (κ3) is 4.67. The number of benzene rings is 1. The fourth-order valence-corrected chi connectivity index (χ4v) is 2.64. The Hall–Kier alpha value is -1.35. The van der Waals surface area contributed by atoms with E-state index in [2.05, 4.69) is 29.7 Å². The lowest BCUT2D eigenvalue weighted by Gasteiger charge is -2.22. The Balaban J connectivity index is 1.67. The van der Waals surface area contributed by atoms with Crippen molar-refractivity contribution in [2.24, 2.45) is 0 Å². The second-order valence-corrected chi connectivity index (χ2v) is 5.43. The van der Waals surface area contributed by atoms with Crippen LogP contribution in [-0.2, 0) is 11.3 Å². The monoisotopic (exact) mass is 260 g/mol. The molecule has 0 bridgehead atoms. The van der Waals surface area contributed by atoms with Crippen LogP contribution in [0.25, 0.3) is 0 Å². The molecule has 1 aromatic carbocycles. The van der Waals surface area contributed by atoms with Crippen LogP contribution in [0.1, 0.15) is 43.2 Å². The molecule has 3 nitrogen and oxygen atoms in total. The molecule has 1 aliphatic carbocycles. The van der Waals surface area contributed by atoms with Crippen molar-refractivity contribution in [3.63, 3.8) is 0 Å². The van der Waals surface area contributed by atoms with E-state index in [0.29, 0.717) is 12.6 Å². The number of aryl methyl sites for hydroxylation is 1. The smallest absolute Gasteiger partial charge is 0.234 e. The molecule has 0 aliphatic heterocycles. The Morgan fingerprint density at radius 2 is 1.95 bits per heavy atom. The zero-order valence-electron chi connectivity index (χ0n) is 11.7. The Kier molecular flexibility index (Phi) is 5.40. The first-order chi connectivity index (χ1) is 9.25. The fourth-order valence-electron chi connectivity index (χ4n) is 2.64. The highest BCUT2D eigenvalue weighted by atomic mass is 16.1. The molecule has 0 saturated heterocycles. The SMILES string of the molecule is Cc1ccccc1CNCC(=O)NC1CCCCC1. The van der Waals surface area contributed by atoms with Gasteiger partial charge in [0.15, 0.2) is 0 Å². The van der Waals surface area contributed by atoms with Gasteiger partial charge in [-0.05, 0) is 30.9 Å². The summed E-state index contributed by atoms with van der Waals surface area (Å²) in [4.78, 5) is 11.8. The van der Waals surface area contributed by atoms with Crippen LogP contribution in [0.2, 0.25) is 0 Å². The van der Waals surface area contributed by atoms with Crippen molar-refractivity contribution in [2.45, 2.75) is 51.6 Å². The molecule has 2 N–H and O–H groups in total. The molecule has 0 radical (unpaired) electrons. The predicted molar refractivity (Wildman–Crippen MR) is 77.9 cm³/mol. The number of hydrogen-bond acceptors (Lipinski definition) is 2. The average Bonchev–Trinajstić information content (AvgIpc) is 2.42. The summed E-state index contributed by atoms with van der Waals surface area (Å²) in [6.45, 7) is 3.26. The van der Waals surface area contributed by atoms with E-state index in [1.165, 1.54) is 30.4 Å². The second kappa shape index (κ2) is 7.29. The molecule has 1 amide bonds. The summed E-state index contributed by atoms with van der Waals surface area (Å²) in [5, 5.41) is 6.34. The lowest BCUT2D eigenvalue weighted by molar-refractivity contribution is -0.121. The van der Waals surface area contributed by atoms with E-state index in [9.17, 15) is 4.79 Å². The van der Waals surface area contributed by atoms with Crippen molar-refractivity contribution in [3.8, 4) is 0 Å². The van der Waals surface area contributed by atoms with Crippen LogP contribution in [0.3, 0.4) is 0 Å². The van der Waals surface area contributed by atoms with Crippen LogP contribution < -0.4 is 10.6 Å². The topological polar surface area (TPSA) is 41.1 Å². The Bertz CT molecular complexity index is 411. The van der Waals surface area contributed by atoms with Gasteiger partial charge in [0.05, 0.1) is 6.54 Å². The maximum absolute atomic E-state index is 11.8. The molecule has 1 saturated carbocycles. The minimum absolute atomic E-state index is 0.125. The largest absolute Gasteiger partial charge is 0.352 e. The van der Waals surface area contributed by atoms with Gasteiger partial charge in [-0.1, -0.05) is 43.5 Å². The van der Waals surface area contributed by atoms with Crippen molar-refractivity contribution in [2.75, 3.05) is 6.54 Å². The first-order valence-corrected chi connectivity index (χ1v) is 7.30. The first kappa shape index (κ1) is 14.1. The van der Waals surface area contributed by atoms with Crippen molar-refractivity contribution < 1.29 is 4.79 Å². The van der Waals surface area contributed by atoms with Crippen molar-refractivity contribution in [1.82, 2.24) is 10.6 Å². The summed E-state index contributed by atoms with van der Waals surface area (Å²) in [6.07, 6.45) is 6.11. The predicted octanol–water partition coefficient (Wildman–Crippen LogP) is 2.53. The Morgan fingerprint density at radius 1 is 1.21 bits per heavy atom. The van der Waals surface area contributed by atoms with Crippen LogP contribution in [0.4, 0.5) is 0 Å². The van der Waals surface area contributed by atoms with Gasteiger partial charge in [-0.25, -0.2) is 0 Å². The zero-order valence-corrected chi connectivity index (χ0v) is 11.7. The summed E-state index contributed by atoms with van der Waals surface area (Å²) in [5.41, 5.74) is 2.52. The second-order valence-electron chi connectivity index (χ2n) is 5.43. The van der Waals surface area contributed by atoms with Gasteiger partial charge in [0.25, 0.3) is 0 Å². The maximum Gasteiger partial charge on any atom is 0.234 e. The van der Waals surface area contributed by atoms with Crippen LogP contribution in [-0.4, -0.2) is 18.5 Å². The molecule has 19 heavy (non-hydrogen) atoms. The molecule has 0 heterocycles. The molecule has 0 unspecified atom stereocenters. The molecule has 1 fully saturated rings. The van der Waals surface area contributed by atoms with Crippen LogP contribution >= 0.6 is 0 Å². The number of amides is 1. The number of carbonyl (C=O) groups is 1. The molecular weight excluding hydrogens is 236 g/mol. The number of rotatable bonds is 5.